The average Bonchev–Trinajstić information content (AvgIpc) is 2.83. The Morgan fingerprint density at radius 1 is 1.42 bits per heavy atom. The highest BCUT2D eigenvalue weighted by Crippen LogP contribution is 2.33. The normalized spacial score (nSPS) is 28.8. The summed E-state index contributed by atoms with van der Waals surface area (Å²) < 4.78 is 12.2. The average molecular weight is 333 g/mol. The molecule has 24 heavy (non-hydrogen) atoms. The third-order valence-electron chi connectivity index (χ3n) is 5.25. The minimum atomic E-state index is -0.145. The number of hydrogen-bond donors (Lipinski definition) is 0. The summed E-state index contributed by atoms with van der Waals surface area (Å²) in [4.78, 5) is 9.31. The SMILES string of the molecule is CC(C)N(C)C[C@@H]1CO[C@@]2(COCCN(Cc3ccccn3)C2)C1. The minimum Gasteiger partial charge on any atom is -0.377 e. The predicted octanol–water partition coefficient (Wildman–Crippen LogP) is 2.03. The molecule has 0 amide bonds. The van der Waals surface area contributed by atoms with Crippen molar-refractivity contribution in [3.63, 3.8) is 0 Å². The second-order valence-electron chi connectivity index (χ2n) is 7.68. The molecule has 0 aliphatic carbocycles. The maximum Gasteiger partial charge on any atom is 0.104 e. The van der Waals surface area contributed by atoms with Crippen LogP contribution < -0.4 is 0 Å². The third-order valence-corrected chi connectivity index (χ3v) is 5.25. The van der Waals surface area contributed by atoms with E-state index in [1.54, 1.807) is 0 Å². The van der Waals surface area contributed by atoms with Crippen LogP contribution in [0.25, 0.3) is 0 Å². The Kier molecular flexibility index (Phi) is 5.87. The number of hydrogen-bond acceptors (Lipinski definition) is 5. The Hall–Kier alpha value is -1.01. The predicted molar refractivity (Wildman–Crippen MR) is 94.9 cm³/mol. The van der Waals surface area contributed by atoms with Crippen molar-refractivity contribution in [3.05, 3.63) is 30.1 Å². The standard InChI is InChI=1S/C19H31N3O2/c1-16(2)21(3)11-17-10-19(24-13-17)14-22(8-9-23-15-19)12-18-6-4-5-7-20-18/h4-7,16-17H,8-15H2,1-3H3/t17-,19+/m1/s1. The Morgan fingerprint density at radius 3 is 3.04 bits per heavy atom. The largest absolute Gasteiger partial charge is 0.377 e. The Balaban J connectivity index is 1.60. The first-order valence-electron chi connectivity index (χ1n) is 9.10. The van der Waals surface area contributed by atoms with Crippen molar-refractivity contribution in [3.8, 4) is 0 Å². The summed E-state index contributed by atoms with van der Waals surface area (Å²) >= 11 is 0. The van der Waals surface area contributed by atoms with Crippen LogP contribution in [-0.4, -0.2) is 72.9 Å². The van der Waals surface area contributed by atoms with Crippen molar-refractivity contribution >= 4 is 0 Å². The molecule has 2 fully saturated rings. The van der Waals surface area contributed by atoms with Crippen LogP contribution in [0.5, 0.6) is 0 Å². The van der Waals surface area contributed by atoms with E-state index in [0.717, 1.165) is 51.5 Å². The molecule has 0 radical (unpaired) electrons. The van der Waals surface area contributed by atoms with Gasteiger partial charge in [-0.05, 0) is 45.4 Å². The molecular weight excluding hydrogens is 302 g/mol. The Labute approximate surface area is 145 Å². The van der Waals surface area contributed by atoms with E-state index < -0.39 is 0 Å². The van der Waals surface area contributed by atoms with Crippen molar-refractivity contribution in [2.24, 2.45) is 5.92 Å². The van der Waals surface area contributed by atoms with Gasteiger partial charge in [0.25, 0.3) is 0 Å². The van der Waals surface area contributed by atoms with Gasteiger partial charge in [0.1, 0.15) is 5.60 Å². The number of aromatic nitrogens is 1. The van der Waals surface area contributed by atoms with Crippen molar-refractivity contribution in [1.82, 2.24) is 14.8 Å². The topological polar surface area (TPSA) is 37.8 Å². The zero-order chi connectivity index (χ0) is 17.0. The molecule has 2 atom stereocenters. The molecule has 2 aliphatic rings. The van der Waals surface area contributed by atoms with Crippen molar-refractivity contribution in [1.29, 1.82) is 0 Å². The molecule has 0 aromatic carbocycles. The van der Waals surface area contributed by atoms with E-state index in [1.165, 1.54) is 0 Å². The molecule has 1 aromatic rings. The fourth-order valence-corrected chi connectivity index (χ4v) is 3.72. The van der Waals surface area contributed by atoms with Crippen LogP contribution in [0.4, 0.5) is 0 Å². The lowest BCUT2D eigenvalue weighted by molar-refractivity contribution is -0.0564. The van der Waals surface area contributed by atoms with Crippen LogP contribution >= 0.6 is 0 Å². The molecule has 3 heterocycles. The minimum absolute atomic E-state index is 0.145. The first-order chi connectivity index (χ1) is 11.6. The van der Waals surface area contributed by atoms with E-state index in [0.29, 0.717) is 18.6 Å². The van der Waals surface area contributed by atoms with Gasteiger partial charge >= 0.3 is 0 Å². The fourth-order valence-electron chi connectivity index (χ4n) is 3.72. The van der Waals surface area contributed by atoms with Gasteiger partial charge in [-0.2, -0.15) is 0 Å². The van der Waals surface area contributed by atoms with Crippen LogP contribution in [0.1, 0.15) is 26.0 Å². The van der Waals surface area contributed by atoms with Gasteiger partial charge < -0.3 is 14.4 Å². The maximum atomic E-state index is 6.31. The van der Waals surface area contributed by atoms with Gasteiger partial charge in [-0.1, -0.05) is 6.07 Å². The zero-order valence-corrected chi connectivity index (χ0v) is 15.3. The van der Waals surface area contributed by atoms with E-state index in [1.807, 2.05) is 12.3 Å². The maximum absolute atomic E-state index is 6.31. The summed E-state index contributed by atoms with van der Waals surface area (Å²) in [6.07, 6.45) is 2.95. The molecule has 2 aliphatic heterocycles. The molecule has 0 saturated carbocycles. The highest BCUT2D eigenvalue weighted by Gasteiger charge is 2.43. The van der Waals surface area contributed by atoms with E-state index in [9.17, 15) is 0 Å². The summed E-state index contributed by atoms with van der Waals surface area (Å²) in [5, 5.41) is 0. The second kappa shape index (κ2) is 7.91. The van der Waals surface area contributed by atoms with Crippen molar-refractivity contribution in [2.75, 3.05) is 46.5 Å². The number of rotatable bonds is 5. The molecule has 1 aromatic heterocycles. The summed E-state index contributed by atoms with van der Waals surface area (Å²) in [6, 6.07) is 6.68. The zero-order valence-electron chi connectivity index (χ0n) is 15.3. The Bertz CT molecular complexity index is 511. The molecular formula is C19H31N3O2. The lowest BCUT2D eigenvalue weighted by Gasteiger charge is -2.31. The van der Waals surface area contributed by atoms with Crippen molar-refractivity contribution in [2.45, 2.75) is 38.5 Å². The van der Waals surface area contributed by atoms with Gasteiger partial charge in [-0.25, -0.2) is 0 Å². The highest BCUT2D eigenvalue weighted by molar-refractivity contribution is 5.04. The third kappa shape index (κ3) is 4.54. The van der Waals surface area contributed by atoms with E-state index in [-0.39, 0.29) is 5.60 Å². The van der Waals surface area contributed by atoms with Gasteiger partial charge in [-0.3, -0.25) is 9.88 Å². The van der Waals surface area contributed by atoms with E-state index in [4.69, 9.17) is 9.47 Å². The van der Waals surface area contributed by atoms with Gasteiger partial charge in [0, 0.05) is 38.4 Å². The number of ether oxygens (including phenoxy) is 2. The second-order valence-corrected chi connectivity index (χ2v) is 7.68. The molecule has 2 saturated heterocycles. The smallest absolute Gasteiger partial charge is 0.104 e. The molecule has 1 spiro atoms. The molecule has 0 unspecified atom stereocenters. The molecule has 134 valence electrons. The summed E-state index contributed by atoms with van der Waals surface area (Å²) in [5.41, 5.74) is 0.969. The van der Waals surface area contributed by atoms with Crippen LogP contribution in [0.3, 0.4) is 0 Å². The fraction of sp³-hybridized carbons (Fsp3) is 0.737. The van der Waals surface area contributed by atoms with E-state index >= 15 is 0 Å². The van der Waals surface area contributed by atoms with Crippen molar-refractivity contribution < 1.29 is 9.47 Å². The summed E-state index contributed by atoms with van der Waals surface area (Å²) in [7, 11) is 2.20. The van der Waals surface area contributed by atoms with E-state index in [2.05, 4.69) is 47.8 Å². The summed E-state index contributed by atoms with van der Waals surface area (Å²) in [6.45, 7) is 10.7. The van der Waals surface area contributed by atoms with Crippen LogP contribution in [0.2, 0.25) is 0 Å². The highest BCUT2D eigenvalue weighted by atomic mass is 16.5. The summed E-state index contributed by atoms with van der Waals surface area (Å²) in [5.74, 6) is 0.593. The molecule has 5 nitrogen and oxygen atoms in total. The lowest BCUT2D eigenvalue weighted by atomic mass is 9.93. The quantitative estimate of drug-likeness (QED) is 0.824. The Morgan fingerprint density at radius 2 is 2.29 bits per heavy atom. The van der Waals surface area contributed by atoms with Gasteiger partial charge in [-0.15, -0.1) is 0 Å². The number of nitrogens with zero attached hydrogens (tertiary/aromatic N) is 3. The first kappa shape index (κ1) is 17.8. The van der Waals surface area contributed by atoms with Gasteiger partial charge in [0.15, 0.2) is 0 Å². The van der Waals surface area contributed by atoms with Crippen LogP contribution in [0, 0.1) is 5.92 Å². The molecule has 3 rings (SSSR count). The first-order valence-corrected chi connectivity index (χ1v) is 9.10. The lowest BCUT2D eigenvalue weighted by Crippen LogP contribution is -2.44. The number of pyridine rings is 1. The van der Waals surface area contributed by atoms with Crippen LogP contribution in [0.15, 0.2) is 24.4 Å². The monoisotopic (exact) mass is 333 g/mol. The van der Waals surface area contributed by atoms with Crippen LogP contribution in [-0.2, 0) is 16.0 Å². The molecule has 0 N–H and O–H groups in total. The van der Waals surface area contributed by atoms with Gasteiger partial charge in [0.2, 0.25) is 0 Å². The van der Waals surface area contributed by atoms with Gasteiger partial charge in [0.05, 0.1) is 25.5 Å². The molecule has 0 bridgehead atoms. The molecule has 5 heteroatoms.